The van der Waals surface area contributed by atoms with Gasteiger partial charge < -0.3 is 30.3 Å². The number of likely N-dealkylation sites (N-methyl/N-ethyl adjacent to an activating group) is 1. The Balaban J connectivity index is 0.00000205. The summed E-state index contributed by atoms with van der Waals surface area (Å²) in [6.07, 6.45) is 2.48. The highest BCUT2D eigenvalue weighted by Crippen LogP contribution is 2.43. The number of carbonyl (C=O) groups excluding carboxylic acids is 1. The number of methoxy groups -OCH3 is 1. The largest absolute Gasteiger partial charge is 0.494 e. The number of rotatable bonds is 8. The lowest BCUT2D eigenvalue weighted by atomic mass is 9.97. The number of halogens is 2. The first-order valence-electron chi connectivity index (χ1n) is 12.3. The number of allylic oxidation sites excluding steroid dienone is 1. The molecule has 1 saturated heterocycles. The molecule has 2 aromatic rings. The van der Waals surface area contributed by atoms with Crippen molar-refractivity contribution in [3.05, 3.63) is 65.1 Å². The highest BCUT2D eigenvalue weighted by atomic mass is 35.5. The molecule has 0 aromatic heterocycles. The molecule has 1 fully saturated rings. The lowest BCUT2D eigenvalue weighted by Gasteiger charge is -2.29. The van der Waals surface area contributed by atoms with E-state index in [0.29, 0.717) is 17.3 Å². The van der Waals surface area contributed by atoms with Crippen molar-refractivity contribution in [3.8, 4) is 5.75 Å². The number of anilines is 3. The third-order valence-electron chi connectivity index (χ3n) is 6.41. The molecule has 0 aliphatic carbocycles. The Bertz CT molecular complexity index is 1280. The minimum Gasteiger partial charge on any atom is -0.494 e. The van der Waals surface area contributed by atoms with E-state index < -0.39 is 11.7 Å². The van der Waals surface area contributed by atoms with Crippen molar-refractivity contribution in [3.63, 3.8) is 0 Å². The smallest absolute Gasteiger partial charge is 0.247 e. The average Bonchev–Trinajstić information content (AvgIpc) is 3.30. The predicted molar refractivity (Wildman–Crippen MR) is 158 cm³/mol. The third-order valence-corrected chi connectivity index (χ3v) is 6.70. The maximum atomic E-state index is 14.4. The van der Waals surface area contributed by atoms with Gasteiger partial charge in [0.1, 0.15) is 11.4 Å². The van der Waals surface area contributed by atoms with Gasteiger partial charge in [0.25, 0.3) is 0 Å². The van der Waals surface area contributed by atoms with Crippen LogP contribution in [-0.2, 0) is 9.53 Å². The molecule has 1 atom stereocenters. The molecule has 4 rings (SSSR count). The van der Waals surface area contributed by atoms with Crippen molar-refractivity contribution in [2.24, 2.45) is 15.7 Å². The van der Waals surface area contributed by atoms with Gasteiger partial charge in [-0.25, -0.2) is 4.39 Å². The first kappa shape index (κ1) is 29.8. The Morgan fingerprint density at radius 3 is 2.64 bits per heavy atom. The van der Waals surface area contributed by atoms with Crippen LogP contribution in [0.25, 0.3) is 0 Å². The second-order valence-electron chi connectivity index (χ2n) is 8.62. The number of aliphatic imine (C=N–C) groups is 2. The molecule has 11 heteroatoms. The Hall–Kier alpha value is -3.73. The number of morpholine rings is 1. The van der Waals surface area contributed by atoms with Gasteiger partial charge in [0.05, 0.1) is 36.7 Å². The SMILES string of the molecule is C=CC(=O)Nc1cc(N=C/C(Cl)=C(\N=C)C2CN(C)c3cc(N4CCOCC4)ccc32)c(OC)cc1F.CN. The van der Waals surface area contributed by atoms with Crippen molar-refractivity contribution < 1.29 is 18.7 Å². The van der Waals surface area contributed by atoms with Crippen LogP contribution in [0.4, 0.5) is 27.1 Å². The van der Waals surface area contributed by atoms with Gasteiger partial charge in [-0.15, -0.1) is 0 Å². The summed E-state index contributed by atoms with van der Waals surface area (Å²) in [5.41, 5.74) is 8.67. The minimum atomic E-state index is -0.664. The van der Waals surface area contributed by atoms with Crippen LogP contribution in [-0.4, -0.2) is 72.9 Å². The fourth-order valence-corrected chi connectivity index (χ4v) is 4.75. The van der Waals surface area contributed by atoms with Crippen LogP contribution in [0, 0.1) is 5.82 Å². The van der Waals surface area contributed by atoms with Crippen LogP contribution in [0.15, 0.2) is 63.7 Å². The molecule has 1 amide bonds. The quantitative estimate of drug-likeness (QED) is 0.367. The van der Waals surface area contributed by atoms with E-state index in [9.17, 15) is 9.18 Å². The normalized spacial score (nSPS) is 17.1. The van der Waals surface area contributed by atoms with Crippen molar-refractivity contribution in [2.45, 2.75) is 5.92 Å². The Morgan fingerprint density at radius 1 is 1.28 bits per heavy atom. The van der Waals surface area contributed by atoms with Crippen molar-refractivity contribution in [2.75, 3.05) is 69.2 Å². The van der Waals surface area contributed by atoms with Crippen LogP contribution < -0.4 is 25.6 Å². The minimum absolute atomic E-state index is 0.0533. The predicted octanol–water partition coefficient (Wildman–Crippen LogP) is 4.46. The second-order valence-corrected chi connectivity index (χ2v) is 9.03. The molecule has 39 heavy (non-hydrogen) atoms. The van der Waals surface area contributed by atoms with Gasteiger partial charge in [0.2, 0.25) is 5.91 Å². The van der Waals surface area contributed by atoms with Crippen LogP contribution >= 0.6 is 11.6 Å². The summed E-state index contributed by atoms with van der Waals surface area (Å²) >= 11 is 6.68. The Labute approximate surface area is 233 Å². The van der Waals surface area contributed by atoms with Gasteiger partial charge >= 0.3 is 0 Å². The molecule has 0 spiro atoms. The first-order valence-corrected chi connectivity index (χ1v) is 12.7. The molecular weight excluding hydrogens is 523 g/mol. The van der Waals surface area contributed by atoms with E-state index in [1.807, 2.05) is 7.05 Å². The number of nitrogens with two attached hydrogens (primary N) is 1. The highest BCUT2D eigenvalue weighted by Gasteiger charge is 2.31. The zero-order chi connectivity index (χ0) is 28.5. The van der Waals surface area contributed by atoms with Crippen LogP contribution in [0.3, 0.4) is 0 Å². The van der Waals surface area contributed by atoms with Gasteiger partial charge in [0, 0.05) is 56.3 Å². The third kappa shape index (κ3) is 6.83. The number of ether oxygens (including phenoxy) is 2. The van der Waals surface area contributed by atoms with Crippen molar-refractivity contribution >= 4 is 53.2 Å². The molecule has 2 heterocycles. The van der Waals surface area contributed by atoms with E-state index in [-0.39, 0.29) is 23.0 Å². The van der Waals surface area contributed by atoms with Crippen molar-refractivity contribution in [1.29, 1.82) is 0 Å². The number of amides is 1. The number of hydrogen-bond donors (Lipinski definition) is 2. The molecule has 0 bridgehead atoms. The van der Waals surface area contributed by atoms with E-state index in [2.05, 4.69) is 62.3 Å². The monoisotopic (exact) mass is 556 g/mol. The van der Waals surface area contributed by atoms with Crippen LogP contribution in [0.2, 0.25) is 0 Å². The van der Waals surface area contributed by atoms with Gasteiger partial charge in [-0.3, -0.25) is 14.8 Å². The molecule has 3 N–H and O–H groups in total. The zero-order valence-electron chi connectivity index (χ0n) is 22.4. The van der Waals surface area contributed by atoms with E-state index in [1.165, 1.54) is 26.4 Å². The van der Waals surface area contributed by atoms with Gasteiger partial charge in [-0.2, -0.15) is 0 Å². The fourth-order valence-electron chi connectivity index (χ4n) is 4.51. The van der Waals surface area contributed by atoms with E-state index >= 15 is 0 Å². The summed E-state index contributed by atoms with van der Waals surface area (Å²) < 4.78 is 25.1. The Morgan fingerprint density at radius 2 is 2.00 bits per heavy atom. The fraction of sp³-hybridized carbons (Fsp3) is 0.321. The lowest BCUT2D eigenvalue weighted by Crippen LogP contribution is -2.36. The summed E-state index contributed by atoms with van der Waals surface area (Å²) in [5.74, 6) is -1.13. The second kappa shape index (κ2) is 13.9. The summed E-state index contributed by atoms with van der Waals surface area (Å²) in [4.78, 5) is 24.8. The summed E-state index contributed by atoms with van der Waals surface area (Å²) in [6, 6.07) is 8.92. The number of benzene rings is 2. The first-order chi connectivity index (χ1) is 18.9. The van der Waals surface area contributed by atoms with Gasteiger partial charge in [-0.1, -0.05) is 24.2 Å². The average molecular weight is 557 g/mol. The molecule has 0 radical (unpaired) electrons. The lowest BCUT2D eigenvalue weighted by molar-refractivity contribution is -0.111. The molecular formula is C28H34ClFN6O3. The zero-order valence-corrected chi connectivity index (χ0v) is 23.2. The van der Waals surface area contributed by atoms with Crippen LogP contribution in [0.5, 0.6) is 5.75 Å². The highest BCUT2D eigenvalue weighted by molar-refractivity contribution is 6.40. The standard InChI is InChI=1S/C27H29ClFN5O3.CH5N/c1-5-26(35)32-22-14-23(25(36-4)13-21(22)29)31-15-20(28)27(30-2)19-16-33(3)24-12-17(6-7-18(19)24)34-8-10-37-11-9-34;1-2/h5-7,12-15,19H,1-2,8-11,16H2,3-4H3,(H,32,35);2H2,1H3/b27-20+,31-15?;. The number of carbonyl (C=O) groups is 1. The van der Waals surface area contributed by atoms with Gasteiger partial charge in [-0.05, 0) is 43.6 Å². The molecule has 1 unspecified atom stereocenters. The number of fused-ring (bicyclic) bond motifs is 1. The van der Waals surface area contributed by atoms with Crippen LogP contribution in [0.1, 0.15) is 11.5 Å². The number of nitrogens with one attached hydrogen (secondary N) is 1. The van der Waals surface area contributed by atoms with E-state index in [0.717, 1.165) is 55.4 Å². The van der Waals surface area contributed by atoms with Crippen molar-refractivity contribution in [1.82, 2.24) is 0 Å². The molecule has 208 valence electrons. The van der Waals surface area contributed by atoms with Gasteiger partial charge in [0.15, 0.2) is 5.82 Å². The molecule has 0 saturated carbocycles. The molecule has 2 aromatic carbocycles. The summed E-state index contributed by atoms with van der Waals surface area (Å²) in [6.45, 7) is 11.0. The van der Waals surface area contributed by atoms with E-state index in [1.54, 1.807) is 0 Å². The molecule has 9 nitrogen and oxygen atoms in total. The number of nitrogens with zero attached hydrogens (tertiary/aromatic N) is 4. The molecule has 2 aliphatic rings. The summed E-state index contributed by atoms with van der Waals surface area (Å²) in [7, 11) is 4.94. The topological polar surface area (TPSA) is 105 Å². The van der Waals surface area contributed by atoms with E-state index in [4.69, 9.17) is 21.1 Å². The maximum Gasteiger partial charge on any atom is 0.247 e. The molecule has 2 aliphatic heterocycles. The Kier molecular flexibility index (Phi) is 10.6. The number of hydrogen-bond acceptors (Lipinski definition) is 8. The summed E-state index contributed by atoms with van der Waals surface area (Å²) in [5, 5.41) is 2.70. The maximum absolute atomic E-state index is 14.4.